The Kier molecular flexibility index (Phi) is 3.63. The van der Waals surface area contributed by atoms with Crippen molar-refractivity contribution >= 4 is 5.91 Å². The Labute approximate surface area is 119 Å². The minimum atomic E-state index is 0.0777. The van der Waals surface area contributed by atoms with Gasteiger partial charge in [-0.25, -0.2) is 0 Å². The molecule has 2 heterocycles. The minimum absolute atomic E-state index is 0.0777. The molecular formula is C15H21N3O2. The molecule has 3 rings (SSSR count). The SMILES string of the molecule is Cc1cc(O)ccc1C(=O)N1CC(N2CCNCC2)C1. The molecule has 2 aliphatic heterocycles. The monoisotopic (exact) mass is 275 g/mol. The van der Waals surface area contributed by atoms with Crippen LogP contribution in [-0.4, -0.2) is 66.1 Å². The van der Waals surface area contributed by atoms with Crippen LogP contribution in [0.4, 0.5) is 0 Å². The molecule has 0 unspecified atom stereocenters. The van der Waals surface area contributed by atoms with Crippen molar-refractivity contribution in [1.82, 2.24) is 15.1 Å². The maximum Gasteiger partial charge on any atom is 0.254 e. The zero-order chi connectivity index (χ0) is 14.1. The number of carbonyl (C=O) groups excluding carboxylic acids is 1. The molecule has 5 nitrogen and oxygen atoms in total. The van der Waals surface area contributed by atoms with Crippen LogP contribution in [0, 0.1) is 6.92 Å². The molecule has 0 radical (unpaired) electrons. The highest BCUT2D eigenvalue weighted by Crippen LogP contribution is 2.22. The number of aryl methyl sites for hydroxylation is 1. The van der Waals surface area contributed by atoms with Crippen molar-refractivity contribution < 1.29 is 9.90 Å². The predicted octanol–water partition coefficient (Wildman–Crippen LogP) is 0.430. The third-order valence-electron chi connectivity index (χ3n) is 4.26. The second-order valence-electron chi connectivity index (χ2n) is 5.65. The first-order chi connectivity index (χ1) is 9.65. The number of nitrogens with one attached hydrogen (secondary N) is 1. The Bertz CT molecular complexity index is 506. The molecule has 0 saturated carbocycles. The molecule has 108 valence electrons. The first-order valence-electron chi connectivity index (χ1n) is 7.19. The molecule has 0 aromatic heterocycles. The van der Waals surface area contributed by atoms with Gasteiger partial charge < -0.3 is 15.3 Å². The fourth-order valence-corrected chi connectivity index (χ4v) is 2.96. The van der Waals surface area contributed by atoms with Crippen LogP contribution in [0.3, 0.4) is 0 Å². The van der Waals surface area contributed by atoms with Crippen molar-refractivity contribution in [2.45, 2.75) is 13.0 Å². The zero-order valence-corrected chi connectivity index (χ0v) is 11.8. The van der Waals surface area contributed by atoms with E-state index in [0.29, 0.717) is 11.6 Å². The largest absolute Gasteiger partial charge is 0.508 e. The summed E-state index contributed by atoms with van der Waals surface area (Å²) < 4.78 is 0. The molecule has 1 aromatic carbocycles. The molecule has 2 N–H and O–H groups in total. The molecule has 2 aliphatic rings. The smallest absolute Gasteiger partial charge is 0.254 e. The van der Waals surface area contributed by atoms with Crippen LogP contribution >= 0.6 is 0 Å². The van der Waals surface area contributed by atoms with Crippen LogP contribution in [-0.2, 0) is 0 Å². The van der Waals surface area contributed by atoms with Gasteiger partial charge in [-0.3, -0.25) is 9.69 Å². The highest BCUT2D eigenvalue weighted by molar-refractivity contribution is 5.96. The summed E-state index contributed by atoms with van der Waals surface area (Å²) in [4.78, 5) is 16.8. The van der Waals surface area contributed by atoms with E-state index in [1.54, 1.807) is 18.2 Å². The van der Waals surface area contributed by atoms with Crippen LogP contribution in [0.5, 0.6) is 5.75 Å². The highest BCUT2D eigenvalue weighted by atomic mass is 16.3. The van der Waals surface area contributed by atoms with Gasteiger partial charge in [-0.05, 0) is 30.7 Å². The summed E-state index contributed by atoms with van der Waals surface area (Å²) in [5.41, 5.74) is 1.53. The lowest BCUT2D eigenvalue weighted by atomic mass is 10.0. The Morgan fingerprint density at radius 1 is 1.30 bits per heavy atom. The van der Waals surface area contributed by atoms with Crippen LogP contribution in [0.2, 0.25) is 0 Å². The number of aromatic hydroxyl groups is 1. The van der Waals surface area contributed by atoms with Gasteiger partial charge in [0, 0.05) is 50.9 Å². The molecule has 0 atom stereocenters. The summed E-state index contributed by atoms with van der Waals surface area (Å²) in [6.45, 7) is 7.73. The van der Waals surface area contributed by atoms with Crippen LogP contribution in [0.1, 0.15) is 15.9 Å². The van der Waals surface area contributed by atoms with Gasteiger partial charge in [-0.15, -0.1) is 0 Å². The van der Waals surface area contributed by atoms with E-state index in [-0.39, 0.29) is 11.7 Å². The van der Waals surface area contributed by atoms with Crippen LogP contribution in [0.15, 0.2) is 18.2 Å². The number of amides is 1. The first-order valence-corrected chi connectivity index (χ1v) is 7.19. The van der Waals surface area contributed by atoms with Crippen molar-refractivity contribution in [3.05, 3.63) is 29.3 Å². The van der Waals surface area contributed by atoms with Gasteiger partial charge >= 0.3 is 0 Å². The second-order valence-corrected chi connectivity index (χ2v) is 5.65. The molecule has 2 fully saturated rings. The highest BCUT2D eigenvalue weighted by Gasteiger charge is 2.35. The summed E-state index contributed by atoms with van der Waals surface area (Å²) in [7, 11) is 0. The van der Waals surface area contributed by atoms with Gasteiger partial charge in [-0.2, -0.15) is 0 Å². The van der Waals surface area contributed by atoms with Gasteiger partial charge in [0.25, 0.3) is 5.91 Å². The maximum atomic E-state index is 12.4. The molecule has 2 saturated heterocycles. The second kappa shape index (κ2) is 5.42. The number of hydrogen-bond donors (Lipinski definition) is 2. The van der Waals surface area contributed by atoms with Crippen molar-refractivity contribution in [2.24, 2.45) is 0 Å². The number of piperazine rings is 1. The van der Waals surface area contributed by atoms with Crippen LogP contribution in [0.25, 0.3) is 0 Å². The molecule has 0 aliphatic carbocycles. The predicted molar refractivity (Wildman–Crippen MR) is 77.0 cm³/mol. The third kappa shape index (κ3) is 2.51. The van der Waals surface area contributed by atoms with E-state index >= 15 is 0 Å². The van der Waals surface area contributed by atoms with Gasteiger partial charge in [0.15, 0.2) is 0 Å². The lowest BCUT2D eigenvalue weighted by Crippen LogP contribution is -2.63. The molecule has 0 bridgehead atoms. The Hall–Kier alpha value is -1.59. The molecule has 0 spiro atoms. The van der Waals surface area contributed by atoms with E-state index in [1.165, 1.54) is 0 Å². The number of hydrogen-bond acceptors (Lipinski definition) is 4. The molecule has 20 heavy (non-hydrogen) atoms. The third-order valence-corrected chi connectivity index (χ3v) is 4.26. The topological polar surface area (TPSA) is 55.8 Å². The van der Waals surface area contributed by atoms with E-state index in [2.05, 4.69) is 10.2 Å². The summed E-state index contributed by atoms with van der Waals surface area (Å²) in [5, 5.41) is 12.7. The summed E-state index contributed by atoms with van der Waals surface area (Å²) in [6.07, 6.45) is 0. The fourth-order valence-electron chi connectivity index (χ4n) is 2.96. The van der Waals surface area contributed by atoms with Crippen molar-refractivity contribution in [2.75, 3.05) is 39.3 Å². The number of carbonyl (C=O) groups is 1. The van der Waals surface area contributed by atoms with Crippen molar-refractivity contribution in [3.63, 3.8) is 0 Å². The number of benzene rings is 1. The van der Waals surface area contributed by atoms with Crippen molar-refractivity contribution in [1.29, 1.82) is 0 Å². The van der Waals surface area contributed by atoms with Gasteiger partial charge in [0.05, 0.1) is 0 Å². The molecule has 5 heteroatoms. The summed E-state index contributed by atoms with van der Waals surface area (Å²) in [5.74, 6) is 0.287. The van der Waals surface area contributed by atoms with E-state index in [1.807, 2.05) is 11.8 Å². The van der Waals surface area contributed by atoms with Gasteiger partial charge in [0.2, 0.25) is 0 Å². The number of likely N-dealkylation sites (tertiary alicyclic amines) is 1. The van der Waals surface area contributed by atoms with E-state index in [4.69, 9.17) is 0 Å². The van der Waals surface area contributed by atoms with Gasteiger partial charge in [-0.1, -0.05) is 0 Å². The van der Waals surface area contributed by atoms with Gasteiger partial charge in [0.1, 0.15) is 5.75 Å². The number of phenols is 1. The normalized spacial score (nSPS) is 20.8. The summed E-state index contributed by atoms with van der Waals surface area (Å²) in [6, 6.07) is 5.44. The fraction of sp³-hybridized carbons (Fsp3) is 0.533. The van der Waals surface area contributed by atoms with Crippen LogP contribution < -0.4 is 5.32 Å². The van der Waals surface area contributed by atoms with E-state index < -0.39 is 0 Å². The van der Waals surface area contributed by atoms with Crippen molar-refractivity contribution in [3.8, 4) is 5.75 Å². The average molecular weight is 275 g/mol. The van der Waals surface area contributed by atoms with E-state index in [0.717, 1.165) is 44.8 Å². The zero-order valence-electron chi connectivity index (χ0n) is 11.8. The minimum Gasteiger partial charge on any atom is -0.508 e. The molecular weight excluding hydrogens is 254 g/mol. The average Bonchev–Trinajstić information content (AvgIpc) is 2.38. The standard InChI is InChI=1S/C15H21N3O2/c1-11-8-13(19)2-3-14(11)15(20)18-9-12(10-18)17-6-4-16-5-7-17/h2-3,8,12,16,19H,4-7,9-10H2,1H3. The Morgan fingerprint density at radius 3 is 2.65 bits per heavy atom. The Balaban J connectivity index is 1.60. The van der Waals surface area contributed by atoms with E-state index in [9.17, 15) is 9.90 Å². The lowest BCUT2D eigenvalue weighted by molar-refractivity contribution is 0.0226. The molecule has 1 amide bonds. The molecule has 1 aromatic rings. The first kappa shape index (κ1) is 13.4. The number of nitrogens with zero attached hydrogens (tertiary/aromatic N) is 2. The lowest BCUT2D eigenvalue weighted by Gasteiger charge is -2.46. The maximum absolute atomic E-state index is 12.4. The number of rotatable bonds is 2. The Morgan fingerprint density at radius 2 is 2.00 bits per heavy atom. The quantitative estimate of drug-likeness (QED) is 0.822. The number of phenolic OH excluding ortho intramolecular Hbond substituents is 1. The summed E-state index contributed by atoms with van der Waals surface area (Å²) >= 11 is 0.